The van der Waals surface area contributed by atoms with Gasteiger partial charge in [0.25, 0.3) is 0 Å². The highest BCUT2D eigenvalue weighted by Crippen LogP contribution is 2.34. The lowest BCUT2D eigenvalue weighted by Gasteiger charge is -2.12. The number of amides is 2. The molecule has 0 saturated heterocycles. The molecule has 0 fully saturated rings. The fraction of sp³-hybridized carbons (Fsp3) is 0.243. The van der Waals surface area contributed by atoms with Crippen LogP contribution in [0.5, 0.6) is 0 Å². The molecule has 11 heteroatoms. The van der Waals surface area contributed by atoms with Crippen molar-refractivity contribution in [2.45, 2.75) is 32.7 Å². The van der Waals surface area contributed by atoms with Gasteiger partial charge in [0.05, 0.1) is 0 Å². The van der Waals surface area contributed by atoms with Crippen LogP contribution in [0.25, 0.3) is 21.8 Å². The van der Waals surface area contributed by atoms with Crippen LogP contribution >= 0.6 is 0 Å². The zero-order valence-corrected chi connectivity index (χ0v) is 26.9. The molecule has 11 nitrogen and oxygen atoms in total. The molecule has 0 aliphatic heterocycles. The van der Waals surface area contributed by atoms with E-state index in [9.17, 15) is 9.59 Å². The third-order valence-corrected chi connectivity index (χ3v) is 7.61. The van der Waals surface area contributed by atoms with E-state index in [2.05, 4.69) is 39.4 Å². The maximum atomic E-state index is 12.3. The molecule has 0 spiro atoms. The van der Waals surface area contributed by atoms with Gasteiger partial charge in [-0.25, -0.2) is 9.59 Å². The van der Waals surface area contributed by atoms with Crippen molar-refractivity contribution in [2.75, 3.05) is 26.3 Å². The fourth-order valence-electron chi connectivity index (χ4n) is 5.42. The van der Waals surface area contributed by atoms with Gasteiger partial charge >= 0.3 is 12.2 Å². The summed E-state index contributed by atoms with van der Waals surface area (Å²) in [6.45, 7) is 4.69. The minimum Gasteiger partial charge on any atom is -0.396 e. The smallest absolute Gasteiger partial charge is 0.396 e. The summed E-state index contributed by atoms with van der Waals surface area (Å²) in [5, 5.41) is 33.7. The summed E-state index contributed by atoms with van der Waals surface area (Å²) in [6, 6.07) is 31.1. The van der Waals surface area contributed by atoms with E-state index in [0.29, 0.717) is 24.3 Å². The highest BCUT2D eigenvalue weighted by atomic mass is 16.7. The molecular formula is C37H39N5O6. The summed E-state index contributed by atoms with van der Waals surface area (Å²) in [6.07, 6.45) is -0.611. The Bertz CT molecular complexity index is 1780. The largest absolute Gasteiger partial charge is 0.433 e. The van der Waals surface area contributed by atoms with Crippen molar-refractivity contribution in [2.24, 2.45) is 10.3 Å². The van der Waals surface area contributed by atoms with E-state index in [1.54, 1.807) is 0 Å². The van der Waals surface area contributed by atoms with Crippen LogP contribution in [0.3, 0.4) is 0 Å². The van der Waals surface area contributed by atoms with E-state index in [4.69, 9.17) is 19.9 Å². The van der Waals surface area contributed by atoms with Gasteiger partial charge in [-0.05, 0) is 51.0 Å². The van der Waals surface area contributed by atoms with E-state index in [1.165, 1.54) is 0 Å². The van der Waals surface area contributed by atoms with Gasteiger partial charge in [-0.1, -0.05) is 83.1 Å². The van der Waals surface area contributed by atoms with Crippen molar-refractivity contribution in [3.05, 3.63) is 119 Å². The Balaban J connectivity index is 1.62. The number of benzene rings is 4. The Morgan fingerprint density at radius 1 is 0.646 bits per heavy atom. The Labute approximate surface area is 278 Å². The molecule has 48 heavy (non-hydrogen) atoms. The number of carbonyl (C=O) groups excluding carboxylic acids is 2. The van der Waals surface area contributed by atoms with Crippen molar-refractivity contribution >= 4 is 45.4 Å². The number of hydrogen-bond donors (Lipinski definition) is 4. The van der Waals surface area contributed by atoms with Crippen LogP contribution in [0.2, 0.25) is 0 Å². The van der Waals surface area contributed by atoms with E-state index in [-0.39, 0.29) is 32.3 Å². The molecule has 4 aromatic carbocycles. The standard InChI is InChI=1S/C37H39N5O6/c1-25(2)42-32-17-15-28(34(26-11-5-3-6-12-26)40-47-36(45)38-19-9-21-43)23-30(32)31-24-29(16-18-33(31)42)35(27-13-7-4-8-14-27)41-48-37(46)39-20-10-22-44/h3-8,11-18,23-25,43-44H,9-10,19-22H2,1-2H3,(H,38,45)(H,39,46)/b40-34+,41-35+. The first kappa shape index (κ1) is 33.8. The molecule has 0 aliphatic carbocycles. The van der Waals surface area contributed by atoms with E-state index in [0.717, 1.165) is 44.1 Å². The van der Waals surface area contributed by atoms with Crippen LogP contribution in [0.15, 0.2) is 107 Å². The summed E-state index contributed by atoms with van der Waals surface area (Å²) >= 11 is 0. The van der Waals surface area contributed by atoms with Crippen molar-refractivity contribution in [1.82, 2.24) is 15.2 Å². The average Bonchev–Trinajstić information content (AvgIpc) is 3.43. The van der Waals surface area contributed by atoms with Gasteiger partial charge in [-0.2, -0.15) is 0 Å². The van der Waals surface area contributed by atoms with Crippen molar-refractivity contribution < 1.29 is 29.5 Å². The quantitative estimate of drug-likeness (QED) is 0.0525. The Morgan fingerprint density at radius 3 is 1.44 bits per heavy atom. The number of fused-ring (bicyclic) bond motifs is 3. The van der Waals surface area contributed by atoms with E-state index in [1.807, 2.05) is 97.1 Å². The monoisotopic (exact) mass is 649 g/mol. The summed E-state index contributed by atoms with van der Waals surface area (Å²) in [5.41, 5.74) is 5.98. The second-order valence-electron chi connectivity index (χ2n) is 11.3. The second-order valence-corrected chi connectivity index (χ2v) is 11.3. The number of aliphatic hydroxyl groups excluding tert-OH is 2. The Kier molecular flexibility index (Phi) is 11.5. The van der Waals surface area contributed by atoms with Crippen LogP contribution in [0, 0.1) is 0 Å². The van der Waals surface area contributed by atoms with E-state index >= 15 is 0 Å². The van der Waals surface area contributed by atoms with Crippen molar-refractivity contribution in [1.29, 1.82) is 0 Å². The van der Waals surface area contributed by atoms with Crippen LogP contribution < -0.4 is 10.6 Å². The lowest BCUT2D eigenvalue weighted by molar-refractivity contribution is 0.149. The van der Waals surface area contributed by atoms with Gasteiger partial charge in [0, 0.05) is 76.4 Å². The molecule has 0 bridgehead atoms. The minimum absolute atomic E-state index is 0.0446. The zero-order valence-electron chi connectivity index (χ0n) is 26.9. The number of hydrogen-bond acceptors (Lipinski definition) is 8. The summed E-state index contributed by atoms with van der Waals surface area (Å²) < 4.78 is 2.26. The van der Waals surface area contributed by atoms with Crippen LogP contribution in [0.1, 0.15) is 55.0 Å². The molecule has 5 aromatic rings. The predicted molar refractivity (Wildman–Crippen MR) is 186 cm³/mol. The van der Waals surface area contributed by atoms with Gasteiger partial charge in [0.15, 0.2) is 0 Å². The molecule has 0 saturated carbocycles. The van der Waals surface area contributed by atoms with Gasteiger partial charge in [-0.15, -0.1) is 0 Å². The summed E-state index contributed by atoms with van der Waals surface area (Å²) in [5.74, 6) is 0. The number of nitrogens with zero attached hydrogens (tertiary/aromatic N) is 3. The lowest BCUT2D eigenvalue weighted by Crippen LogP contribution is -2.25. The molecule has 1 heterocycles. The third-order valence-electron chi connectivity index (χ3n) is 7.61. The van der Waals surface area contributed by atoms with Crippen LogP contribution in [-0.2, 0) is 9.68 Å². The van der Waals surface area contributed by atoms with Crippen LogP contribution in [-0.4, -0.2) is 64.7 Å². The van der Waals surface area contributed by atoms with Gasteiger partial charge < -0.3 is 25.4 Å². The predicted octanol–water partition coefficient (Wildman–Crippen LogP) is 6.10. The first-order valence-electron chi connectivity index (χ1n) is 15.9. The molecule has 5 rings (SSSR count). The SMILES string of the molecule is CC(C)n1c2ccc(/C(=N/OC(=O)NCCCO)c3ccccc3)cc2c2cc(/C(=N/OC(=O)NCCCO)c3ccccc3)ccc21. The van der Waals surface area contributed by atoms with E-state index < -0.39 is 12.2 Å². The van der Waals surface area contributed by atoms with Gasteiger partial charge in [-0.3, -0.25) is 9.68 Å². The molecule has 0 aliphatic rings. The first-order valence-corrected chi connectivity index (χ1v) is 15.9. The number of aliphatic hydroxyl groups is 2. The Hall–Kier alpha value is -5.52. The number of aromatic nitrogens is 1. The maximum Gasteiger partial charge on any atom is 0.433 e. The molecular weight excluding hydrogens is 610 g/mol. The van der Waals surface area contributed by atoms with Crippen LogP contribution in [0.4, 0.5) is 9.59 Å². The third kappa shape index (κ3) is 8.06. The highest BCUT2D eigenvalue weighted by Gasteiger charge is 2.19. The fourth-order valence-corrected chi connectivity index (χ4v) is 5.42. The number of oxime groups is 2. The lowest BCUT2D eigenvalue weighted by atomic mass is 9.98. The Morgan fingerprint density at radius 2 is 1.06 bits per heavy atom. The molecule has 1 aromatic heterocycles. The first-order chi connectivity index (χ1) is 23.4. The summed E-state index contributed by atoms with van der Waals surface area (Å²) in [7, 11) is 0. The minimum atomic E-state index is -0.712. The molecule has 0 unspecified atom stereocenters. The molecule has 2 amide bonds. The molecule has 0 atom stereocenters. The zero-order chi connectivity index (χ0) is 33.9. The summed E-state index contributed by atoms with van der Waals surface area (Å²) in [4.78, 5) is 35.2. The molecule has 0 radical (unpaired) electrons. The molecule has 248 valence electrons. The highest BCUT2D eigenvalue weighted by molar-refractivity contribution is 6.19. The number of carbonyl (C=O) groups is 2. The van der Waals surface area contributed by atoms with Crippen molar-refractivity contribution in [3.8, 4) is 0 Å². The van der Waals surface area contributed by atoms with Gasteiger partial charge in [0.2, 0.25) is 0 Å². The van der Waals surface area contributed by atoms with Gasteiger partial charge in [0.1, 0.15) is 11.4 Å². The van der Waals surface area contributed by atoms with Crippen molar-refractivity contribution in [3.63, 3.8) is 0 Å². The number of rotatable bonds is 13. The molecule has 4 N–H and O–H groups in total. The average molecular weight is 650 g/mol. The normalized spacial score (nSPS) is 12.0. The maximum absolute atomic E-state index is 12.3. The second kappa shape index (κ2) is 16.3. The topological polar surface area (TPSA) is 147 Å². The number of nitrogens with one attached hydrogen (secondary N) is 2.